The fourth-order valence-corrected chi connectivity index (χ4v) is 2.71. The van der Waals surface area contributed by atoms with Crippen molar-refractivity contribution in [1.82, 2.24) is 4.90 Å². The van der Waals surface area contributed by atoms with Crippen LogP contribution in [0.4, 0.5) is 0 Å². The van der Waals surface area contributed by atoms with E-state index >= 15 is 0 Å². The molecule has 1 heterocycles. The number of rotatable bonds is 6. The molecule has 5 nitrogen and oxygen atoms in total. The summed E-state index contributed by atoms with van der Waals surface area (Å²) >= 11 is 0. The quantitative estimate of drug-likeness (QED) is 0.863. The van der Waals surface area contributed by atoms with Crippen molar-refractivity contribution in [3.05, 3.63) is 24.3 Å². The second kappa shape index (κ2) is 7.64. The van der Waals surface area contributed by atoms with Gasteiger partial charge < -0.3 is 19.3 Å². The summed E-state index contributed by atoms with van der Waals surface area (Å²) in [6, 6.07) is 7.45. The number of aliphatic hydroxyl groups is 1. The Bertz CT molecular complexity index is 430. The van der Waals surface area contributed by atoms with E-state index in [-0.39, 0.29) is 18.8 Å². The minimum absolute atomic E-state index is 0.205. The highest BCUT2D eigenvalue weighted by Gasteiger charge is 2.24. The summed E-state index contributed by atoms with van der Waals surface area (Å²) in [6.45, 7) is 6.64. The van der Waals surface area contributed by atoms with Crippen LogP contribution in [-0.4, -0.2) is 61.7 Å². The Labute approximate surface area is 126 Å². The first-order valence-corrected chi connectivity index (χ1v) is 7.40. The third-order valence-corrected chi connectivity index (χ3v) is 3.46. The average Bonchev–Trinajstić information content (AvgIpc) is 2.44. The molecule has 1 aromatic rings. The molecule has 0 radical (unpaired) electrons. The molecule has 0 amide bonds. The molecule has 3 unspecified atom stereocenters. The monoisotopic (exact) mass is 295 g/mol. The standard InChI is InChI=1S/C16H25NO4/c1-12-8-17(9-13(2)21-12)10-14(18)11-20-16-7-5-4-6-15(16)19-3/h4-7,12-14,18H,8-11H2,1-3H3. The van der Waals surface area contributed by atoms with E-state index in [2.05, 4.69) is 18.7 Å². The molecule has 2 rings (SSSR count). The molecule has 1 saturated heterocycles. The Kier molecular flexibility index (Phi) is 5.85. The molecule has 5 heteroatoms. The van der Waals surface area contributed by atoms with Crippen LogP contribution in [0.15, 0.2) is 24.3 Å². The van der Waals surface area contributed by atoms with Gasteiger partial charge in [0.1, 0.15) is 12.7 Å². The van der Waals surface area contributed by atoms with Crippen molar-refractivity contribution in [3.63, 3.8) is 0 Å². The summed E-state index contributed by atoms with van der Waals surface area (Å²) < 4.78 is 16.6. The summed E-state index contributed by atoms with van der Waals surface area (Å²) in [6.07, 6.45) is -0.125. The lowest BCUT2D eigenvalue weighted by atomic mass is 10.2. The molecule has 21 heavy (non-hydrogen) atoms. The second-order valence-electron chi connectivity index (χ2n) is 5.59. The molecule has 0 aliphatic carbocycles. The van der Waals surface area contributed by atoms with Gasteiger partial charge in [0.15, 0.2) is 11.5 Å². The predicted octanol–water partition coefficient (Wildman–Crippen LogP) is 1.54. The first-order chi connectivity index (χ1) is 10.1. The molecule has 118 valence electrons. The maximum absolute atomic E-state index is 10.2. The molecule has 1 N–H and O–H groups in total. The van der Waals surface area contributed by atoms with Gasteiger partial charge in [-0.2, -0.15) is 0 Å². The van der Waals surface area contributed by atoms with Crippen LogP contribution in [0, 0.1) is 0 Å². The molecule has 0 spiro atoms. The van der Waals surface area contributed by atoms with Crippen molar-refractivity contribution >= 4 is 0 Å². The molecule has 1 aliphatic rings. The van der Waals surface area contributed by atoms with Crippen molar-refractivity contribution in [1.29, 1.82) is 0 Å². The Morgan fingerprint density at radius 1 is 1.24 bits per heavy atom. The zero-order chi connectivity index (χ0) is 15.2. The maximum Gasteiger partial charge on any atom is 0.161 e. The Balaban J connectivity index is 1.80. The first kappa shape index (κ1) is 16.1. The maximum atomic E-state index is 10.2. The van der Waals surface area contributed by atoms with E-state index in [1.54, 1.807) is 7.11 Å². The van der Waals surface area contributed by atoms with Crippen molar-refractivity contribution in [2.75, 3.05) is 33.4 Å². The summed E-state index contributed by atoms with van der Waals surface area (Å²) in [7, 11) is 1.61. The van der Waals surface area contributed by atoms with Gasteiger partial charge in [-0.3, -0.25) is 4.90 Å². The highest BCUT2D eigenvalue weighted by Crippen LogP contribution is 2.25. The van der Waals surface area contributed by atoms with E-state index in [4.69, 9.17) is 14.2 Å². The number of para-hydroxylation sites is 2. The van der Waals surface area contributed by atoms with Crippen molar-refractivity contribution < 1.29 is 19.3 Å². The average molecular weight is 295 g/mol. The Morgan fingerprint density at radius 3 is 2.48 bits per heavy atom. The first-order valence-electron chi connectivity index (χ1n) is 7.40. The molecule has 0 saturated carbocycles. The zero-order valence-corrected chi connectivity index (χ0v) is 13.0. The number of hydrogen-bond acceptors (Lipinski definition) is 5. The topological polar surface area (TPSA) is 51.2 Å². The fourth-order valence-electron chi connectivity index (χ4n) is 2.71. The third-order valence-electron chi connectivity index (χ3n) is 3.46. The van der Waals surface area contributed by atoms with E-state index in [9.17, 15) is 5.11 Å². The van der Waals surface area contributed by atoms with Crippen molar-refractivity contribution in [2.24, 2.45) is 0 Å². The van der Waals surface area contributed by atoms with Gasteiger partial charge in [0.2, 0.25) is 0 Å². The zero-order valence-electron chi connectivity index (χ0n) is 13.0. The highest BCUT2D eigenvalue weighted by molar-refractivity contribution is 5.39. The third kappa shape index (κ3) is 4.88. The van der Waals surface area contributed by atoms with Crippen LogP contribution in [-0.2, 0) is 4.74 Å². The number of ether oxygens (including phenoxy) is 3. The number of morpholine rings is 1. The number of benzene rings is 1. The summed E-state index contributed by atoms with van der Waals surface area (Å²) in [5.74, 6) is 1.33. The Morgan fingerprint density at radius 2 is 1.86 bits per heavy atom. The van der Waals surface area contributed by atoms with Gasteiger partial charge in [-0.25, -0.2) is 0 Å². The van der Waals surface area contributed by atoms with Gasteiger partial charge in [-0.15, -0.1) is 0 Å². The summed E-state index contributed by atoms with van der Waals surface area (Å²) in [5, 5.41) is 10.2. The van der Waals surface area contributed by atoms with Gasteiger partial charge >= 0.3 is 0 Å². The van der Waals surface area contributed by atoms with Crippen molar-refractivity contribution in [2.45, 2.75) is 32.2 Å². The number of methoxy groups -OCH3 is 1. The second-order valence-corrected chi connectivity index (χ2v) is 5.59. The number of hydrogen-bond donors (Lipinski definition) is 1. The minimum atomic E-state index is -0.535. The SMILES string of the molecule is COc1ccccc1OCC(O)CN1CC(C)OC(C)C1. The smallest absolute Gasteiger partial charge is 0.161 e. The minimum Gasteiger partial charge on any atom is -0.493 e. The molecular formula is C16H25NO4. The molecule has 0 bridgehead atoms. The molecule has 3 atom stereocenters. The lowest BCUT2D eigenvalue weighted by Gasteiger charge is -2.36. The molecule has 1 fully saturated rings. The summed E-state index contributed by atoms with van der Waals surface area (Å²) in [5.41, 5.74) is 0. The molecular weight excluding hydrogens is 270 g/mol. The largest absolute Gasteiger partial charge is 0.493 e. The molecule has 1 aromatic carbocycles. The number of β-amino-alcohol motifs (C(OH)–C–C–N with tert-alkyl or cyclic N) is 1. The van der Waals surface area contributed by atoms with E-state index < -0.39 is 6.10 Å². The van der Waals surface area contributed by atoms with Crippen LogP contribution in [0.2, 0.25) is 0 Å². The van der Waals surface area contributed by atoms with E-state index in [1.807, 2.05) is 24.3 Å². The Hall–Kier alpha value is -1.30. The lowest BCUT2D eigenvalue weighted by molar-refractivity contribution is -0.0787. The van der Waals surface area contributed by atoms with Crippen LogP contribution >= 0.6 is 0 Å². The van der Waals surface area contributed by atoms with Crippen LogP contribution < -0.4 is 9.47 Å². The fraction of sp³-hybridized carbons (Fsp3) is 0.625. The van der Waals surface area contributed by atoms with Crippen LogP contribution in [0.1, 0.15) is 13.8 Å². The van der Waals surface area contributed by atoms with Crippen LogP contribution in [0.25, 0.3) is 0 Å². The predicted molar refractivity (Wildman–Crippen MR) is 80.9 cm³/mol. The van der Waals surface area contributed by atoms with E-state index in [1.165, 1.54) is 0 Å². The van der Waals surface area contributed by atoms with Gasteiger partial charge in [0, 0.05) is 19.6 Å². The van der Waals surface area contributed by atoms with Gasteiger partial charge in [0.05, 0.1) is 19.3 Å². The molecule has 1 aliphatic heterocycles. The van der Waals surface area contributed by atoms with Gasteiger partial charge in [-0.05, 0) is 26.0 Å². The number of aliphatic hydroxyl groups excluding tert-OH is 1. The lowest BCUT2D eigenvalue weighted by Crippen LogP contribution is -2.48. The van der Waals surface area contributed by atoms with Crippen LogP contribution in [0.5, 0.6) is 11.5 Å². The summed E-state index contributed by atoms with van der Waals surface area (Å²) in [4.78, 5) is 2.22. The normalized spacial score (nSPS) is 24.6. The number of nitrogens with zero attached hydrogens (tertiary/aromatic N) is 1. The van der Waals surface area contributed by atoms with Crippen LogP contribution in [0.3, 0.4) is 0 Å². The van der Waals surface area contributed by atoms with Crippen molar-refractivity contribution in [3.8, 4) is 11.5 Å². The van der Waals surface area contributed by atoms with E-state index in [0.29, 0.717) is 18.0 Å². The van der Waals surface area contributed by atoms with Gasteiger partial charge in [-0.1, -0.05) is 12.1 Å². The van der Waals surface area contributed by atoms with Gasteiger partial charge in [0.25, 0.3) is 0 Å². The molecule has 0 aromatic heterocycles. The highest BCUT2D eigenvalue weighted by atomic mass is 16.5. The van der Waals surface area contributed by atoms with E-state index in [0.717, 1.165) is 13.1 Å².